The van der Waals surface area contributed by atoms with Gasteiger partial charge in [0.25, 0.3) is 12.4 Å². The third-order valence-electron chi connectivity index (χ3n) is 4.47. The molecule has 0 saturated heterocycles. The van der Waals surface area contributed by atoms with Gasteiger partial charge in [-0.15, -0.1) is 0 Å². The Morgan fingerprint density at radius 3 is 0.821 bits per heavy atom. The van der Waals surface area contributed by atoms with Crippen molar-refractivity contribution in [3.63, 3.8) is 0 Å². The van der Waals surface area contributed by atoms with Crippen molar-refractivity contribution in [1.82, 2.24) is 0 Å². The van der Waals surface area contributed by atoms with Gasteiger partial charge in [-0.1, -0.05) is 0 Å². The molecule has 0 fully saturated rings. The Kier molecular flexibility index (Phi) is 60.7. The minimum absolute atomic E-state index is 0.0258. The summed E-state index contributed by atoms with van der Waals surface area (Å²) in [5.74, 6) is -4.17. The van der Waals surface area contributed by atoms with E-state index in [1.807, 2.05) is 0 Å². The number of rotatable bonds is 17. The SMILES string of the molecule is CC(=O)O.CC(O)C(=O)O.CCO.O=C(O)CCC(=O)O.O=CO.O=C[C@@H](O)[C@H](O)[C@H](O)CO.O=C[C@H](O)[C@@H](O)[C@H](O)CO.O=C[C@H](O)[C@@H](O)[C@H](O)[C@H](O)CO. The normalized spacial score (nSPS) is 15.2. The van der Waals surface area contributed by atoms with Crippen LogP contribution in [0, 0.1) is 0 Å². The summed E-state index contributed by atoms with van der Waals surface area (Å²) in [7, 11) is 0. The van der Waals surface area contributed by atoms with Gasteiger partial charge in [0.1, 0.15) is 67.1 Å². The van der Waals surface area contributed by atoms with Crippen LogP contribution in [-0.4, -0.2) is 245 Å². The number of hydrogen-bond donors (Lipinski definition) is 20. The molecule has 336 valence electrons. The van der Waals surface area contributed by atoms with E-state index in [9.17, 15) is 28.8 Å². The molecule has 0 amide bonds. The Morgan fingerprint density at radius 2 is 0.679 bits per heavy atom. The summed E-state index contributed by atoms with van der Waals surface area (Å²) in [6, 6.07) is 0. The second-order valence-electron chi connectivity index (χ2n) is 9.33. The number of aldehydes is 3. The molecule has 0 aliphatic heterocycles. The Labute approximate surface area is 317 Å². The van der Waals surface area contributed by atoms with Crippen molar-refractivity contribution in [2.24, 2.45) is 0 Å². The number of carboxylic acid groups (broad SMARTS) is 5. The Balaban J connectivity index is -0.0000000816. The molecule has 0 aromatic rings. The summed E-state index contributed by atoms with van der Waals surface area (Å²) in [5.41, 5.74) is 0. The first-order valence-corrected chi connectivity index (χ1v) is 14.9. The third kappa shape index (κ3) is 59.1. The minimum Gasteiger partial charge on any atom is -0.483 e. The zero-order chi connectivity index (χ0) is 46.7. The molecule has 0 spiro atoms. The van der Waals surface area contributed by atoms with Crippen LogP contribution in [0.5, 0.6) is 0 Å². The average Bonchev–Trinajstić information content (AvgIpc) is 3.15. The van der Waals surface area contributed by atoms with Crippen LogP contribution in [0.4, 0.5) is 0 Å². The summed E-state index contributed by atoms with van der Waals surface area (Å²) in [6.07, 6.45) is -17.9. The predicted molar refractivity (Wildman–Crippen MR) is 178 cm³/mol. The molecule has 0 aliphatic carbocycles. The van der Waals surface area contributed by atoms with E-state index >= 15 is 0 Å². The van der Waals surface area contributed by atoms with Crippen molar-refractivity contribution in [3.8, 4) is 0 Å². The lowest BCUT2D eigenvalue weighted by Gasteiger charge is -2.22. The summed E-state index contributed by atoms with van der Waals surface area (Å²) in [6.45, 7) is 1.82. The first kappa shape index (κ1) is 69.6. The van der Waals surface area contributed by atoms with Crippen molar-refractivity contribution < 1.29 is 140 Å². The van der Waals surface area contributed by atoms with Gasteiger partial charge in [-0.3, -0.25) is 19.2 Å². The summed E-state index contributed by atoms with van der Waals surface area (Å²) < 4.78 is 0. The molecule has 11 atom stereocenters. The number of aliphatic hydroxyl groups excluding tert-OH is 15. The average molecular weight is 841 g/mol. The highest BCUT2D eigenvalue weighted by atomic mass is 16.4. The summed E-state index contributed by atoms with van der Waals surface area (Å²) >= 11 is 0. The van der Waals surface area contributed by atoms with E-state index in [4.69, 9.17) is 112 Å². The number of carbonyl (C=O) groups is 8. The standard InChI is InChI=1S/C6H12O6.2C5H10O5.C4H6O4.C3H6O3.C2H4O2.C2H6O.CH2O2/c7-1-3(9)5(11)6(12)4(10)2-8;2*6-1-3(8)5(10)4(9)2-7;5-3(6)1-2-4(7)8;1-2(4)3(5)6;1-2(3)4;1-2-3;2-1-3/h1,3-6,8-12H,2H2;2*1,3-5,7-10H,2H2;1-2H2,(H,5,6)(H,7,8);2,4H,1H3,(H,5,6);1H3,(H,3,4);3H,2H2,1H3;1H,(H,2,3)/t3-,4+,5+,6+;3-,4+,5+;3-,4-,5+;;;;;/m001...../s1. The van der Waals surface area contributed by atoms with Crippen LogP contribution < -0.4 is 0 Å². The number of carboxylic acids is 4. The molecule has 0 saturated carbocycles. The zero-order valence-corrected chi connectivity index (χ0v) is 30.1. The van der Waals surface area contributed by atoms with Crippen LogP contribution in [0.15, 0.2) is 0 Å². The number of aliphatic carboxylic acids is 4. The molecule has 0 rings (SSSR count). The maximum absolute atomic E-state index is 9.90. The van der Waals surface area contributed by atoms with E-state index in [-0.39, 0.29) is 44.8 Å². The smallest absolute Gasteiger partial charge is 0.332 e. The molecule has 56 heavy (non-hydrogen) atoms. The molecule has 28 heteroatoms. The molecule has 28 nitrogen and oxygen atoms in total. The molecule has 1 unspecified atom stereocenters. The van der Waals surface area contributed by atoms with Crippen molar-refractivity contribution >= 4 is 49.2 Å². The van der Waals surface area contributed by atoms with Crippen LogP contribution in [0.25, 0.3) is 0 Å². The van der Waals surface area contributed by atoms with E-state index in [2.05, 4.69) is 0 Å². The number of aliphatic hydroxyl groups is 15. The molecule has 0 aliphatic rings. The quantitative estimate of drug-likeness (QED) is 0.0605. The van der Waals surface area contributed by atoms with Crippen molar-refractivity contribution in [1.29, 1.82) is 0 Å². The topological polar surface area (TPSA) is 541 Å². The zero-order valence-electron chi connectivity index (χ0n) is 30.1. The number of carbonyl (C=O) groups excluding carboxylic acids is 3. The van der Waals surface area contributed by atoms with E-state index < -0.39 is 111 Å². The van der Waals surface area contributed by atoms with Gasteiger partial charge >= 0.3 is 17.9 Å². The van der Waals surface area contributed by atoms with Crippen molar-refractivity contribution in [3.05, 3.63) is 0 Å². The van der Waals surface area contributed by atoms with Crippen LogP contribution in [0.2, 0.25) is 0 Å². The summed E-state index contributed by atoms with van der Waals surface area (Å²) in [4.78, 5) is 75.5. The van der Waals surface area contributed by atoms with E-state index in [0.29, 0.717) is 0 Å². The van der Waals surface area contributed by atoms with Crippen molar-refractivity contribution in [2.75, 3.05) is 26.4 Å². The maximum Gasteiger partial charge on any atom is 0.332 e. The molecule has 0 radical (unpaired) electrons. The fraction of sp³-hybridized carbons (Fsp3) is 0.714. The van der Waals surface area contributed by atoms with Crippen LogP contribution in [-0.2, 0) is 38.4 Å². The van der Waals surface area contributed by atoms with Crippen LogP contribution >= 0.6 is 0 Å². The van der Waals surface area contributed by atoms with Gasteiger partial charge in [-0.05, 0) is 13.8 Å². The third-order valence-corrected chi connectivity index (χ3v) is 4.47. The second kappa shape index (κ2) is 48.8. The molecular weight excluding hydrogens is 784 g/mol. The first-order valence-electron chi connectivity index (χ1n) is 14.9. The van der Waals surface area contributed by atoms with Gasteiger partial charge in [0, 0.05) is 13.5 Å². The lowest BCUT2D eigenvalue weighted by atomic mass is 10.0. The van der Waals surface area contributed by atoms with Gasteiger partial charge in [0.2, 0.25) is 0 Å². The van der Waals surface area contributed by atoms with Gasteiger partial charge < -0.3 is 117 Å². The highest BCUT2D eigenvalue weighted by Crippen LogP contribution is 2.03. The van der Waals surface area contributed by atoms with E-state index in [1.54, 1.807) is 6.92 Å². The summed E-state index contributed by atoms with van der Waals surface area (Å²) in [5, 5.41) is 165. The molecule has 0 aromatic heterocycles. The fourth-order valence-corrected chi connectivity index (χ4v) is 1.66. The monoisotopic (exact) mass is 840 g/mol. The molecule has 0 bridgehead atoms. The highest BCUT2D eigenvalue weighted by molar-refractivity contribution is 5.75. The Morgan fingerprint density at radius 1 is 0.500 bits per heavy atom. The predicted octanol–water partition coefficient (Wildman–Crippen LogP) is -9.68. The lowest BCUT2D eigenvalue weighted by molar-refractivity contribution is -0.145. The molecule has 20 N–H and O–H groups in total. The van der Waals surface area contributed by atoms with E-state index in [0.717, 1.165) is 6.92 Å². The Bertz CT molecular complexity index is 920. The first-order chi connectivity index (χ1) is 25.6. The van der Waals surface area contributed by atoms with Crippen molar-refractivity contribution in [2.45, 2.75) is 101 Å². The van der Waals surface area contributed by atoms with Gasteiger partial charge in [0.15, 0.2) is 18.9 Å². The molecule has 0 heterocycles. The van der Waals surface area contributed by atoms with E-state index in [1.165, 1.54) is 6.92 Å². The molecule has 0 aromatic carbocycles. The number of hydrogen-bond acceptors (Lipinski definition) is 23. The Hall–Kier alpha value is -4.24. The second-order valence-corrected chi connectivity index (χ2v) is 9.33. The lowest BCUT2D eigenvalue weighted by Crippen LogP contribution is -2.46. The van der Waals surface area contributed by atoms with Gasteiger partial charge in [0.05, 0.1) is 32.7 Å². The van der Waals surface area contributed by atoms with Gasteiger partial charge in [-0.2, -0.15) is 0 Å². The maximum atomic E-state index is 9.90. The minimum atomic E-state index is -1.79. The molecular formula is C28H56O28. The largest absolute Gasteiger partial charge is 0.483 e. The fourth-order valence-electron chi connectivity index (χ4n) is 1.66. The van der Waals surface area contributed by atoms with Crippen LogP contribution in [0.1, 0.15) is 33.6 Å². The van der Waals surface area contributed by atoms with Gasteiger partial charge in [-0.25, -0.2) is 4.79 Å². The highest BCUT2D eigenvalue weighted by Gasteiger charge is 2.29. The van der Waals surface area contributed by atoms with Crippen LogP contribution in [0.3, 0.4) is 0 Å².